The summed E-state index contributed by atoms with van der Waals surface area (Å²) < 4.78 is 7.38. The molecule has 0 unspecified atom stereocenters. The van der Waals surface area contributed by atoms with Gasteiger partial charge in [0.2, 0.25) is 5.91 Å². The van der Waals surface area contributed by atoms with E-state index in [4.69, 9.17) is 4.52 Å². The molecule has 140 valence electrons. The first kappa shape index (κ1) is 17.7. The molecular formula is C20H22N4O2S. The molecule has 0 saturated heterocycles. The van der Waals surface area contributed by atoms with Gasteiger partial charge in [-0.15, -0.1) is 11.3 Å². The quantitative estimate of drug-likeness (QED) is 0.653. The van der Waals surface area contributed by atoms with Crippen LogP contribution in [0.4, 0.5) is 0 Å². The first-order valence-electron chi connectivity index (χ1n) is 9.18. The zero-order chi connectivity index (χ0) is 18.6. The molecule has 3 aromatic rings. The molecule has 6 nitrogen and oxygen atoms in total. The molecule has 1 atom stereocenters. The van der Waals surface area contributed by atoms with Crippen molar-refractivity contribution in [3.05, 3.63) is 47.6 Å². The molecule has 0 bridgehead atoms. The maximum Gasteiger partial charge on any atom is 0.223 e. The van der Waals surface area contributed by atoms with Gasteiger partial charge in [0.25, 0.3) is 0 Å². The van der Waals surface area contributed by atoms with E-state index in [0.29, 0.717) is 18.8 Å². The molecule has 7 heteroatoms. The SMILES string of the molecule is Cc1cc(-c2cnn(CCNC(=O)[C@@H]3CC=CCC3)c2-c2cccs2)on1. The highest BCUT2D eigenvalue weighted by Gasteiger charge is 2.20. The zero-order valence-corrected chi connectivity index (χ0v) is 16.0. The maximum absolute atomic E-state index is 12.3. The molecule has 1 aliphatic rings. The molecule has 1 amide bonds. The van der Waals surface area contributed by atoms with E-state index in [2.05, 4.69) is 33.8 Å². The molecule has 0 saturated carbocycles. The summed E-state index contributed by atoms with van der Waals surface area (Å²) in [6.45, 7) is 3.06. The molecule has 27 heavy (non-hydrogen) atoms. The minimum absolute atomic E-state index is 0.0946. The van der Waals surface area contributed by atoms with Crippen molar-refractivity contribution in [3.8, 4) is 21.9 Å². The van der Waals surface area contributed by atoms with Crippen molar-refractivity contribution in [1.82, 2.24) is 20.3 Å². The predicted molar refractivity (Wildman–Crippen MR) is 105 cm³/mol. The van der Waals surface area contributed by atoms with Gasteiger partial charge in [0.15, 0.2) is 5.76 Å². The molecular weight excluding hydrogens is 360 g/mol. The molecule has 0 aromatic carbocycles. The average molecular weight is 382 g/mol. The van der Waals surface area contributed by atoms with Gasteiger partial charge in [0.1, 0.15) is 0 Å². The fraction of sp³-hybridized carbons (Fsp3) is 0.350. The van der Waals surface area contributed by atoms with Crippen LogP contribution in [-0.2, 0) is 11.3 Å². The number of nitrogens with zero attached hydrogens (tertiary/aromatic N) is 3. The number of thiophene rings is 1. The number of amides is 1. The normalized spacial score (nSPS) is 16.6. The Morgan fingerprint density at radius 1 is 1.44 bits per heavy atom. The first-order valence-corrected chi connectivity index (χ1v) is 10.1. The summed E-state index contributed by atoms with van der Waals surface area (Å²) >= 11 is 1.66. The zero-order valence-electron chi connectivity index (χ0n) is 15.2. The van der Waals surface area contributed by atoms with E-state index >= 15 is 0 Å². The van der Waals surface area contributed by atoms with Crippen molar-refractivity contribution in [2.24, 2.45) is 5.92 Å². The van der Waals surface area contributed by atoms with Crippen molar-refractivity contribution in [2.75, 3.05) is 6.54 Å². The molecule has 0 fully saturated rings. The number of hydrogen-bond donors (Lipinski definition) is 1. The summed E-state index contributed by atoms with van der Waals surface area (Å²) in [5, 5.41) is 13.6. The van der Waals surface area contributed by atoms with Crippen LogP contribution in [0.2, 0.25) is 0 Å². The van der Waals surface area contributed by atoms with Crippen LogP contribution >= 0.6 is 11.3 Å². The Balaban J connectivity index is 1.50. The Kier molecular flexibility index (Phi) is 5.20. The van der Waals surface area contributed by atoms with E-state index in [-0.39, 0.29) is 11.8 Å². The lowest BCUT2D eigenvalue weighted by atomic mass is 9.94. The molecule has 3 aromatic heterocycles. The van der Waals surface area contributed by atoms with Crippen LogP contribution in [-0.4, -0.2) is 27.4 Å². The van der Waals surface area contributed by atoms with Gasteiger partial charge in [-0.3, -0.25) is 9.48 Å². The minimum atomic E-state index is 0.0946. The van der Waals surface area contributed by atoms with E-state index in [1.165, 1.54) is 0 Å². The van der Waals surface area contributed by atoms with Crippen molar-refractivity contribution < 1.29 is 9.32 Å². The van der Waals surface area contributed by atoms with Gasteiger partial charge in [-0.25, -0.2) is 0 Å². The number of nitrogens with one attached hydrogen (secondary N) is 1. The van der Waals surface area contributed by atoms with Crippen LogP contribution in [0.3, 0.4) is 0 Å². The maximum atomic E-state index is 12.3. The summed E-state index contributed by atoms with van der Waals surface area (Å²) in [5.41, 5.74) is 2.75. The van der Waals surface area contributed by atoms with Crippen molar-refractivity contribution >= 4 is 17.2 Å². The molecule has 0 spiro atoms. The van der Waals surface area contributed by atoms with Crippen LogP contribution in [0.15, 0.2) is 46.5 Å². The molecule has 3 heterocycles. The third-order valence-corrected chi connectivity index (χ3v) is 5.63. The Bertz CT molecular complexity index is 939. The van der Waals surface area contributed by atoms with Crippen LogP contribution in [0.5, 0.6) is 0 Å². The molecule has 1 aliphatic carbocycles. The Morgan fingerprint density at radius 2 is 2.37 bits per heavy atom. The predicted octanol–water partition coefficient (Wildman–Crippen LogP) is 4.05. The van der Waals surface area contributed by atoms with Gasteiger partial charge in [-0.1, -0.05) is 23.4 Å². The first-order chi connectivity index (χ1) is 13.2. The monoisotopic (exact) mass is 382 g/mol. The third kappa shape index (κ3) is 3.88. The molecule has 0 radical (unpaired) electrons. The Labute approximate surface area is 161 Å². The summed E-state index contributed by atoms with van der Waals surface area (Å²) in [4.78, 5) is 13.4. The molecule has 1 N–H and O–H groups in total. The van der Waals surface area contributed by atoms with Crippen molar-refractivity contribution in [1.29, 1.82) is 0 Å². The Morgan fingerprint density at radius 3 is 3.07 bits per heavy atom. The topological polar surface area (TPSA) is 73.0 Å². The number of carbonyl (C=O) groups excluding carboxylic acids is 1. The smallest absolute Gasteiger partial charge is 0.223 e. The van der Waals surface area contributed by atoms with E-state index in [1.807, 2.05) is 35.3 Å². The highest BCUT2D eigenvalue weighted by Crippen LogP contribution is 2.34. The lowest BCUT2D eigenvalue weighted by molar-refractivity contribution is -0.125. The van der Waals surface area contributed by atoms with Gasteiger partial charge < -0.3 is 9.84 Å². The second-order valence-electron chi connectivity index (χ2n) is 6.71. The van der Waals surface area contributed by atoms with Crippen LogP contribution in [0.25, 0.3) is 21.9 Å². The van der Waals surface area contributed by atoms with Crippen LogP contribution in [0.1, 0.15) is 25.0 Å². The second kappa shape index (κ2) is 7.92. The van der Waals surface area contributed by atoms with Gasteiger partial charge in [0, 0.05) is 18.5 Å². The van der Waals surface area contributed by atoms with E-state index in [1.54, 1.807) is 11.3 Å². The number of allylic oxidation sites excluding steroid dienone is 2. The average Bonchev–Trinajstić information content (AvgIpc) is 3.42. The fourth-order valence-corrected chi connectivity index (χ4v) is 4.15. The number of carbonyl (C=O) groups is 1. The van der Waals surface area contributed by atoms with Gasteiger partial charge >= 0.3 is 0 Å². The second-order valence-corrected chi connectivity index (χ2v) is 7.66. The van der Waals surface area contributed by atoms with Gasteiger partial charge in [-0.05, 0) is 37.6 Å². The lowest BCUT2D eigenvalue weighted by Crippen LogP contribution is -2.33. The Hall–Kier alpha value is -2.67. The fourth-order valence-electron chi connectivity index (χ4n) is 3.36. The van der Waals surface area contributed by atoms with Gasteiger partial charge in [-0.2, -0.15) is 5.10 Å². The van der Waals surface area contributed by atoms with E-state index in [9.17, 15) is 4.79 Å². The number of aryl methyl sites for hydroxylation is 1. The number of aromatic nitrogens is 3. The van der Waals surface area contributed by atoms with E-state index in [0.717, 1.165) is 41.1 Å². The standard InChI is InChI=1S/C20H22N4O2S/c1-14-12-17(26-23-14)16-13-22-24(19(16)18-8-5-11-27-18)10-9-21-20(25)15-6-3-2-4-7-15/h2-3,5,8,11-13,15H,4,6-7,9-10H2,1H3,(H,21,25)/t15-/m1/s1. The van der Waals surface area contributed by atoms with Crippen molar-refractivity contribution in [2.45, 2.75) is 32.7 Å². The highest BCUT2D eigenvalue weighted by atomic mass is 32.1. The summed E-state index contributed by atoms with van der Waals surface area (Å²) in [7, 11) is 0. The lowest BCUT2D eigenvalue weighted by Gasteiger charge is -2.17. The number of hydrogen-bond acceptors (Lipinski definition) is 5. The third-order valence-electron chi connectivity index (χ3n) is 4.75. The summed E-state index contributed by atoms with van der Waals surface area (Å²) in [6, 6.07) is 6.00. The van der Waals surface area contributed by atoms with Crippen LogP contribution < -0.4 is 5.32 Å². The minimum Gasteiger partial charge on any atom is -0.356 e. The largest absolute Gasteiger partial charge is 0.356 e. The van der Waals surface area contributed by atoms with E-state index < -0.39 is 0 Å². The van der Waals surface area contributed by atoms with Gasteiger partial charge in [0.05, 0.1) is 34.6 Å². The number of rotatable bonds is 6. The summed E-state index contributed by atoms with van der Waals surface area (Å²) in [6.07, 6.45) is 8.81. The molecule has 4 rings (SSSR count). The highest BCUT2D eigenvalue weighted by molar-refractivity contribution is 7.13. The van der Waals surface area contributed by atoms with Crippen LogP contribution in [0, 0.1) is 12.8 Å². The van der Waals surface area contributed by atoms with Crippen molar-refractivity contribution in [3.63, 3.8) is 0 Å². The molecule has 0 aliphatic heterocycles. The summed E-state index contributed by atoms with van der Waals surface area (Å²) in [5.74, 6) is 0.938.